The van der Waals surface area contributed by atoms with E-state index in [0.717, 1.165) is 14.9 Å². The van der Waals surface area contributed by atoms with Gasteiger partial charge in [0.25, 0.3) is 5.91 Å². The van der Waals surface area contributed by atoms with Crippen molar-refractivity contribution in [1.29, 1.82) is 0 Å². The predicted octanol–water partition coefficient (Wildman–Crippen LogP) is 3.79. The highest BCUT2D eigenvalue weighted by molar-refractivity contribution is 9.10. The van der Waals surface area contributed by atoms with Gasteiger partial charge in [0.05, 0.1) is 4.88 Å². The summed E-state index contributed by atoms with van der Waals surface area (Å²) in [6.07, 6.45) is 4.18. The summed E-state index contributed by atoms with van der Waals surface area (Å²) in [5, 5.41) is 3.80. The van der Waals surface area contributed by atoms with Gasteiger partial charge in [0.1, 0.15) is 0 Å². The van der Waals surface area contributed by atoms with Crippen molar-refractivity contribution in [2.75, 3.05) is 13.1 Å². The Labute approximate surface area is 154 Å². The molecule has 4 nitrogen and oxygen atoms in total. The van der Waals surface area contributed by atoms with Crippen LogP contribution in [-0.2, 0) is 0 Å². The molecule has 1 aromatic carbocycles. The fourth-order valence-electron chi connectivity index (χ4n) is 3.89. The summed E-state index contributed by atoms with van der Waals surface area (Å²) < 4.78 is 1.05. The van der Waals surface area contributed by atoms with Gasteiger partial charge in [-0.1, -0.05) is 28.1 Å². The highest BCUT2D eigenvalue weighted by Crippen LogP contribution is 2.33. The van der Waals surface area contributed by atoms with Crippen LogP contribution < -0.4 is 5.32 Å². The molecule has 3 saturated heterocycles. The Morgan fingerprint density at radius 3 is 2.67 bits per heavy atom. The lowest BCUT2D eigenvalue weighted by Gasteiger charge is -2.49. The number of carbonyl (C=O) groups is 1. The number of halogens is 1. The van der Waals surface area contributed by atoms with Crippen LogP contribution in [0.3, 0.4) is 0 Å². The van der Waals surface area contributed by atoms with E-state index in [1.165, 1.54) is 37.3 Å². The van der Waals surface area contributed by atoms with Gasteiger partial charge in [0.15, 0.2) is 5.01 Å². The zero-order chi connectivity index (χ0) is 16.7. The smallest absolute Gasteiger partial charge is 0.280 e. The minimum absolute atomic E-state index is 0.0334. The van der Waals surface area contributed by atoms with Gasteiger partial charge in [-0.3, -0.25) is 9.69 Å². The Morgan fingerprint density at radius 1 is 1.29 bits per heavy atom. The molecule has 3 fully saturated rings. The van der Waals surface area contributed by atoms with Crippen LogP contribution in [0, 0.1) is 5.92 Å². The summed E-state index contributed by atoms with van der Waals surface area (Å²) in [5.74, 6) is 0.578. The molecule has 1 aromatic heterocycles. The van der Waals surface area contributed by atoms with Crippen LogP contribution >= 0.6 is 27.3 Å². The molecule has 1 N–H and O–H groups in total. The first-order chi connectivity index (χ1) is 11.6. The Kier molecular flexibility index (Phi) is 4.45. The van der Waals surface area contributed by atoms with Crippen molar-refractivity contribution in [3.63, 3.8) is 0 Å². The molecule has 2 atom stereocenters. The second kappa shape index (κ2) is 6.58. The molecule has 2 aromatic rings. The van der Waals surface area contributed by atoms with Crippen LogP contribution in [0.5, 0.6) is 0 Å². The Balaban J connectivity index is 1.48. The van der Waals surface area contributed by atoms with Gasteiger partial charge in [-0.05, 0) is 56.5 Å². The van der Waals surface area contributed by atoms with Crippen LogP contribution in [0.25, 0.3) is 10.4 Å². The van der Waals surface area contributed by atoms with Crippen molar-refractivity contribution in [3.8, 4) is 10.4 Å². The molecule has 0 unspecified atom stereocenters. The summed E-state index contributed by atoms with van der Waals surface area (Å²) in [6.45, 7) is 4.57. The standard InChI is InChI=1S/C18H20BrN3OS/c1-11-16(13-6-8-22(11)9-7-13)21-17(23)18-20-10-15(24-18)12-2-4-14(19)5-3-12/h2-5,10-11,13,16H,6-9H2,1H3,(H,21,23)/t11-,16-/m0/s1. The van der Waals surface area contributed by atoms with E-state index >= 15 is 0 Å². The molecular weight excluding hydrogens is 386 g/mol. The second-order valence-corrected chi connectivity index (χ2v) is 8.60. The van der Waals surface area contributed by atoms with E-state index in [2.05, 4.69) is 38.1 Å². The number of aromatic nitrogens is 1. The SMILES string of the molecule is C[C@H]1[C@H](NC(=O)c2ncc(-c3ccc(Br)cc3)s2)C2CCN1CC2. The first-order valence-electron chi connectivity index (χ1n) is 8.38. The fourth-order valence-corrected chi connectivity index (χ4v) is 4.97. The third-order valence-corrected chi connectivity index (χ3v) is 6.88. The number of benzene rings is 1. The molecule has 3 aliphatic heterocycles. The topological polar surface area (TPSA) is 45.2 Å². The van der Waals surface area contributed by atoms with Crippen molar-refractivity contribution in [2.24, 2.45) is 5.92 Å². The second-order valence-electron chi connectivity index (χ2n) is 6.65. The lowest BCUT2D eigenvalue weighted by atomic mass is 9.79. The maximum atomic E-state index is 12.6. The van der Waals surface area contributed by atoms with Gasteiger partial charge in [-0.25, -0.2) is 4.98 Å². The van der Waals surface area contributed by atoms with Crippen LogP contribution in [0.2, 0.25) is 0 Å². The van der Waals surface area contributed by atoms with E-state index in [1.807, 2.05) is 24.3 Å². The normalized spacial score (nSPS) is 28.8. The number of amides is 1. The summed E-state index contributed by atoms with van der Waals surface area (Å²) in [5.41, 5.74) is 1.09. The first kappa shape index (κ1) is 16.2. The van der Waals surface area contributed by atoms with Gasteiger partial charge < -0.3 is 5.32 Å². The van der Waals surface area contributed by atoms with Crippen LogP contribution in [0.1, 0.15) is 29.6 Å². The van der Waals surface area contributed by atoms with Gasteiger partial charge in [0, 0.05) is 22.8 Å². The molecule has 126 valence electrons. The summed E-state index contributed by atoms with van der Waals surface area (Å²) in [6, 6.07) is 8.75. The number of fused-ring (bicyclic) bond motifs is 3. The quantitative estimate of drug-likeness (QED) is 0.844. The molecule has 3 aliphatic rings. The highest BCUT2D eigenvalue weighted by Gasteiger charge is 2.40. The largest absolute Gasteiger partial charge is 0.345 e. The molecule has 1 amide bonds. The highest BCUT2D eigenvalue weighted by atomic mass is 79.9. The van der Waals surface area contributed by atoms with Gasteiger partial charge >= 0.3 is 0 Å². The molecule has 0 saturated carbocycles. The number of piperidine rings is 3. The summed E-state index contributed by atoms with van der Waals surface area (Å²) in [7, 11) is 0. The minimum Gasteiger partial charge on any atom is -0.345 e. The molecule has 0 aliphatic carbocycles. The van der Waals surface area contributed by atoms with E-state index < -0.39 is 0 Å². The lowest BCUT2D eigenvalue weighted by molar-refractivity contribution is 0.0217. The number of nitrogens with zero attached hydrogens (tertiary/aromatic N) is 2. The maximum absolute atomic E-state index is 12.6. The Morgan fingerprint density at radius 2 is 2.00 bits per heavy atom. The van der Waals surface area contributed by atoms with E-state index in [4.69, 9.17) is 0 Å². The maximum Gasteiger partial charge on any atom is 0.280 e. The van der Waals surface area contributed by atoms with Gasteiger partial charge in [-0.15, -0.1) is 11.3 Å². The Bertz CT molecular complexity index is 735. The van der Waals surface area contributed by atoms with Crippen molar-refractivity contribution in [3.05, 3.63) is 39.9 Å². The average molecular weight is 406 g/mol. The monoisotopic (exact) mass is 405 g/mol. The van der Waals surface area contributed by atoms with Crippen molar-refractivity contribution in [2.45, 2.75) is 31.8 Å². The lowest BCUT2D eigenvalue weighted by Crippen LogP contribution is -2.62. The zero-order valence-electron chi connectivity index (χ0n) is 13.5. The predicted molar refractivity (Wildman–Crippen MR) is 100 cm³/mol. The molecule has 2 bridgehead atoms. The molecular formula is C18H20BrN3OS. The summed E-state index contributed by atoms with van der Waals surface area (Å²) in [4.78, 5) is 20.5. The number of rotatable bonds is 3. The molecule has 0 radical (unpaired) electrons. The average Bonchev–Trinajstić information content (AvgIpc) is 3.09. The number of thiazole rings is 1. The van der Waals surface area contributed by atoms with E-state index in [-0.39, 0.29) is 11.9 Å². The number of nitrogens with one attached hydrogen (secondary N) is 1. The molecule has 6 heteroatoms. The van der Waals surface area contributed by atoms with E-state index in [0.29, 0.717) is 17.0 Å². The van der Waals surface area contributed by atoms with Crippen molar-refractivity contribution in [1.82, 2.24) is 15.2 Å². The van der Waals surface area contributed by atoms with Crippen LogP contribution in [-0.4, -0.2) is 41.0 Å². The third kappa shape index (κ3) is 3.03. The van der Waals surface area contributed by atoms with Gasteiger partial charge in [0.2, 0.25) is 0 Å². The van der Waals surface area contributed by atoms with Crippen LogP contribution in [0.4, 0.5) is 0 Å². The number of hydrogen-bond donors (Lipinski definition) is 1. The fraction of sp³-hybridized carbons (Fsp3) is 0.444. The van der Waals surface area contributed by atoms with Gasteiger partial charge in [-0.2, -0.15) is 0 Å². The zero-order valence-corrected chi connectivity index (χ0v) is 15.9. The third-order valence-electron chi connectivity index (χ3n) is 5.30. The van der Waals surface area contributed by atoms with Crippen molar-refractivity contribution >= 4 is 33.2 Å². The van der Waals surface area contributed by atoms with E-state index in [9.17, 15) is 4.79 Å². The number of hydrogen-bond acceptors (Lipinski definition) is 4. The molecule has 4 heterocycles. The van der Waals surface area contributed by atoms with Crippen molar-refractivity contribution < 1.29 is 4.79 Å². The van der Waals surface area contributed by atoms with E-state index in [1.54, 1.807) is 6.20 Å². The summed E-state index contributed by atoms with van der Waals surface area (Å²) >= 11 is 4.90. The first-order valence-corrected chi connectivity index (χ1v) is 9.99. The minimum atomic E-state index is -0.0334. The molecule has 5 rings (SSSR count). The molecule has 0 spiro atoms. The number of carbonyl (C=O) groups excluding carboxylic acids is 1. The molecule has 24 heavy (non-hydrogen) atoms. The Hall–Kier alpha value is -1.24. The van der Waals surface area contributed by atoms with Crippen LogP contribution in [0.15, 0.2) is 34.9 Å².